The molecule has 0 atom stereocenters. The summed E-state index contributed by atoms with van der Waals surface area (Å²) in [4.78, 5) is 4.19. The highest BCUT2D eigenvalue weighted by atomic mass is 15.3. The molecule has 1 heterocycles. The highest BCUT2D eigenvalue weighted by Gasteiger charge is 2.02. The van der Waals surface area contributed by atoms with Gasteiger partial charge in [0, 0.05) is 6.42 Å². The van der Waals surface area contributed by atoms with Gasteiger partial charge in [-0.3, -0.25) is 0 Å². The van der Waals surface area contributed by atoms with Crippen molar-refractivity contribution in [2.75, 3.05) is 0 Å². The van der Waals surface area contributed by atoms with Crippen LogP contribution in [-0.4, -0.2) is 14.8 Å². The number of unbranched alkanes of at least 4 members (excludes halogenated alkanes) is 2. The molecule has 16 heavy (non-hydrogen) atoms. The molecule has 1 aromatic carbocycles. The lowest BCUT2D eigenvalue weighted by atomic mass is 10.2. The summed E-state index contributed by atoms with van der Waals surface area (Å²) >= 11 is 0. The number of aryl methyl sites for hydroxylation is 1. The molecule has 0 fully saturated rings. The molecule has 1 radical (unpaired) electrons. The zero-order valence-electron chi connectivity index (χ0n) is 9.56. The Morgan fingerprint density at radius 1 is 1.19 bits per heavy atom. The molecule has 0 aliphatic heterocycles. The molecule has 2 aromatic rings. The van der Waals surface area contributed by atoms with Gasteiger partial charge in [-0.2, -0.15) is 5.10 Å². The molecule has 3 nitrogen and oxygen atoms in total. The topological polar surface area (TPSA) is 30.7 Å². The average molecular weight is 214 g/mol. The smallest absolute Gasteiger partial charge is 0.201 e. The molecule has 3 heteroatoms. The fourth-order valence-electron chi connectivity index (χ4n) is 1.59. The minimum absolute atomic E-state index is 0.886. The van der Waals surface area contributed by atoms with Crippen molar-refractivity contribution in [3.8, 4) is 5.69 Å². The molecule has 1 aromatic heterocycles. The zero-order valence-corrected chi connectivity index (χ0v) is 9.56. The van der Waals surface area contributed by atoms with Crippen LogP contribution in [0.1, 0.15) is 32.0 Å². The van der Waals surface area contributed by atoms with Crippen LogP contribution in [0.3, 0.4) is 0 Å². The second-order valence-electron chi connectivity index (χ2n) is 3.83. The largest absolute Gasteiger partial charge is 0.210 e. The third kappa shape index (κ3) is 2.69. The maximum Gasteiger partial charge on any atom is 0.201 e. The van der Waals surface area contributed by atoms with Crippen molar-refractivity contribution < 1.29 is 0 Å². The number of nitrogens with zero attached hydrogens (tertiary/aromatic N) is 3. The second kappa shape index (κ2) is 5.45. The number of para-hydroxylation sites is 1. The van der Waals surface area contributed by atoms with Crippen LogP contribution >= 0.6 is 0 Å². The molecule has 0 amide bonds. The average Bonchev–Trinajstić information content (AvgIpc) is 2.79. The van der Waals surface area contributed by atoms with Gasteiger partial charge in [0.1, 0.15) is 0 Å². The second-order valence-corrected chi connectivity index (χ2v) is 3.83. The summed E-state index contributed by atoms with van der Waals surface area (Å²) in [6.45, 7) is 2.20. The third-order valence-electron chi connectivity index (χ3n) is 2.49. The van der Waals surface area contributed by atoms with Crippen molar-refractivity contribution in [2.45, 2.75) is 32.6 Å². The summed E-state index contributed by atoms with van der Waals surface area (Å²) in [5.41, 5.74) is 1.01. The Hall–Kier alpha value is -1.64. The van der Waals surface area contributed by atoms with Crippen molar-refractivity contribution in [3.05, 3.63) is 42.5 Å². The van der Waals surface area contributed by atoms with Crippen molar-refractivity contribution >= 4 is 0 Å². The first kappa shape index (κ1) is 10.9. The van der Waals surface area contributed by atoms with Gasteiger partial charge in [-0.15, -0.1) is 0 Å². The van der Waals surface area contributed by atoms with Crippen LogP contribution < -0.4 is 0 Å². The summed E-state index contributed by atoms with van der Waals surface area (Å²) in [6.07, 6.45) is 7.47. The Morgan fingerprint density at radius 3 is 2.75 bits per heavy atom. The fourth-order valence-corrected chi connectivity index (χ4v) is 1.59. The minimum atomic E-state index is 0.886. The minimum Gasteiger partial charge on any atom is -0.210 e. The van der Waals surface area contributed by atoms with Gasteiger partial charge in [0.05, 0.1) is 5.69 Å². The lowest BCUT2D eigenvalue weighted by Gasteiger charge is -1.97. The first-order valence-corrected chi connectivity index (χ1v) is 5.79. The summed E-state index contributed by atoms with van der Waals surface area (Å²) < 4.78 is 1.71. The van der Waals surface area contributed by atoms with Crippen LogP contribution in [0.15, 0.2) is 30.3 Å². The number of aromatic nitrogens is 3. The van der Waals surface area contributed by atoms with E-state index in [0.29, 0.717) is 0 Å². The molecule has 0 aliphatic rings. The molecule has 0 unspecified atom stereocenters. The van der Waals surface area contributed by atoms with Crippen LogP contribution in [0, 0.1) is 6.33 Å². The van der Waals surface area contributed by atoms with E-state index in [-0.39, 0.29) is 0 Å². The fraction of sp³-hybridized carbons (Fsp3) is 0.385. The van der Waals surface area contributed by atoms with Gasteiger partial charge in [-0.25, -0.2) is 9.67 Å². The summed E-state index contributed by atoms with van der Waals surface area (Å²) in [6, 6.07) is 9.97. The Labute approximate surface area is 96.1 Å². The standard InChI is InChI=1S/C13H16N3/c1-2-3-5-10-13-14-11-16(15-13)12-8-6-4-7-9-12/h4,6-9H,2-3,5,10H2,1H3. The monoisotopic (exact) mass is 214 g/mol. The molecule has 0 saturated carbocycles. The predicted octanol–water partition coefficient (Wildman–Crippen LogP) is 2.80. The molecule has 0 bridgehead atoms. The highest BCUT2D eigenvalue weighted by Crippen LogP contribution is 2.06. The van der Waals surface area contributed by atoms with Gasteiger partial charge in [0.2, 0.25) is 6.33 Å². The molecule has 0 N–H and O–H groups in total. The van der Waals surface area contributed by atoms with Crippen molar-refractivity contribution in [1.29, 1.82) is 0 Å². The summed E-state index contributed by atoms with van der Waals surface area (Å²) in [5, 5.41) is 4.40. The van der Waals surface area contributed by atoms with Gasteiger partial charge in [-0.1, -0.05) is 38.0 Å². The quantitative estimate of drug-likeness (QED) is 0.716. The van der Waals surface area contributed by atoms with E-state index < -0.39 is 0 Å². The summed E-state index contributed by atoms with van der Waals surface area (Å²) in [5.74, 6) is 0.886. The number of rotatable bonds is 5. The zero-order chi connectivity index (χ0) is 11.2. The van der Waals surface area contributed by atoms with Crippen LogP contribution in [0.5, 0.6) is 0 Å². The Morgan fingerprint density at radius 2 is 2.00 bits per heavy atom. The van der Waals surface area contributed by atoms with Crippen LogP contribution in [0.4, 0.5) is 0 Å². The van der Waals surface area contributed by atoms with Gasteiger partial charge in [0.25, 0.3) is 0 Å². The van der Waals surface area contributed by atoms with Gasteiger partial charge >= 0.3 is 0 Å². The third-order valence-corrected chi connectivity index (χ3v) is 2.49. The maximum atomic E-state index is 4.40. The van der Waals surface area contributed by atoms with E-state index in [1.807, 2.05) is 30.3 Å². The van der Waals surface area contributed by atoms with E-state index >= 15 is 0 Å². The van der Waals surface area contributed by atoms with Crippen LogP contribution in [0.25, 0.3) is 5.69 Å². The lowest BCUT2D eigenvalue weighted by Crippen LogP contribution is -1.96. The Kier molecular flexibility index (Phi) is 3.70. The van der Waals surface area contributed by atoms with E-state index in [4.69, 9.17) is 0 Å². The Balaban J connectivity index is 2.02. The molecule has 0 aliphatic carbocycles. The molecular formula is C13H16N3. The van der Waals surface area contributed by atoms with Crippen molar-refractivity contribution in [3.63, 3.8) is 0 Å². The van der Waals surface area contributed by atoms with Crippen LogP contribution in [-0.2, 0) is 6.42 Å². The van der Waals surface area contributed by atoms with E-state index in [9.17, 15) is 0 Å². The van der Waals surface area contributed by atoms with E-state index in [1.165, 1.54) is 12.8 Å². The Bertz CT molecular complexity index is 420. The molecule has 0 spiro atoms. The lowest BCUT2D eigenvalue weighted by molar-refractivity contribution is 0.690. The van der Waals surface area contributed by atoms with E-state index in [1.54, 1.807) is 4.68 Å². The van der Waals surface area contributed by atoms with E-state index in [0.717, 1.165) is 24.4 Å². The molecule has 83 valence electrons. The van der Waals surface area contributed by atoms with Crippen molar-refractivity contribution in [1.82, 2.24) is 14.8 Å². The number of benzene rings is 1. The first-order chi connectivity index (χ1) is 7.90. The molecule has 2 rings (SSSR count). The summed E-state index contributed by atoms with van der Waals surface area (Å²) in [7, 11) is 0. The number of hydrogen-bond acceptors (Lipinski definition) is 2. The highest BCUT2D eigenvalue weighted by molar-refractivity contribution is 5.29. The normalized spacial score (nSPS) is 10.6. The van der Waals surface area contributed by atoms with Gasteiger partial charge < -0.3 is 0 Å². The van der Waals surface area contributed by atoms with Crippen LogP contribution in [0.2, 0.25) is 0 Å². The first-order valence-electron chi connectivity index (χ1n) is 5.79. The molecule has 0 saturated heterocycles. The number of hydrogen-bond donors (Lipinski definition) is 0. The predicted molar refractivity (Wildman–Crippen MR) is 63.4 cm³/mol. The van der Waals surface area contributed by atoms with E-state index in [2.05, 4.69) is 23.3 Å². The maximum absolute atomic E-state index is 4.40. The van der Waals surface area contributed by atoms with Gasteiger partial charge in [-0.05, 0) is 18.6 Å². The SMILES string of the molecule is CCCCCc1n[c]n(-c2ccccc2)n1. The van der Waals surface area contributed by atoms with Gasteiger partial charge in [0.15, 0.2) is 5.82 Å². The molecular weight excluding hydrogens is 198 g/mol. The van der Waals surface area contributed by atoms with Crippen molar-refractivity contribution in [2.24, 2.45) is 0 Å².